The lowest BCUT2D eigenvalue weighted by molar-refractivity contribution is 0.467. The van der Waals surface area contributed by atoms with Gasteiger partial charge >= 0.3 is 0 Å². The summed E-state index contributed by atoms with van der Waals surface area (Å²) in [5, 5.41) is 12.4. The number of nitrogens with zero attached hydrogens (tertiary/aromatic N) is 2. The van der Waals surface area contributed by atoms with Gasteiger partial charge in [0.15, 0.2) is 0 Å². The predicted octanol–water partition coefficient (Wildman–Crippen LogP) is 3.17. The molecule has 0 fully saturated rings. The van der Waals surface area contributed by atoms with Gasteiger partial charge in [-0.1, -0.05) is 6.07 Å². The Labute approximate surface area is 117 Å². The first-order valence-electron chi connectivity index (χ1n) is 6.35. The fraction of sp³-hybridized carbons (Fsp3) is 0.267. The summed E-state index contributed by atoms with van der Waals surface area (Å²) < 4.78 is 13.8. The van der Waals surface area contributed by atoms with E-state index in [0.29, 0.717) is 5.56 Å². The molecule has 106 valence electrons. The molecule has 1 aromatic carbocycles. The molecule has 1 unspecified atom stereocenters. The van der Waals surface area contributed by atoms with Gasteiger partial charge in [0.25, 0.3) is 0 Å². The fourth-order valence-corrected chi connectivity index (χ4v) is 1.93. The number of aromatic hydroxyl groups is 1. The van der Waals surface area contributed by atoms with Crippen molar-refractivity contribution in [2.75, 3.05) is 24.3 Å². The number of halogens is 1. The van der Waals surface area contributed by atoms with Gasteiger partial charge in [0.2, 0.25) is 0 Å². The maximum atomic E-state index is 13.8. The number of anilines is 2. The molecule has 1 heterocycles. The highest BCUT2D eigenvalue weighted by atomic mass is 19.1. The number of rotatable bonds is 4. The Bertz CT molecular complexity index is 584. The molecular weight excluding hydrogens is 257 g/mol. The maximum absolute atomic E-state index is 13.8. The zero-order valence-electron chi connectivity index (χ0n) is 11.8. The highest BCUT2D eigenvalue weighted by molar-refractivity contribution is 5.49. The average molecular weight is 275 g/mol. The first-order valence-corrected chi connectivity index (χ1v) is 6.35. The van der Waals surface area contributed by atoms with E-state index in [4.69, 9.17) is 0 Å². The van der Waals surface area contributed by atoms with Crippen molar-refractivity contribution in [3.05, 3.63) is 47.9 Å². The van der Waals surface area contributed by atoms with E-state index in [0.717, 1.165) is 17.6 Å². The van der Waals surface area contributed by atoms with Crippen LogP contribution in [0, 0.1) is 5.82 Å². The fourth-order valence-electron chi connectivity index (χ4n) is 1.93. The first kappa shape index (κ1) is 14.1. The SMILES string of the molecule is CC(Nc1ccc(N(C)C)nc1)c1ccc(O)cc1F. The number of hydrogen-bond donors (Lipinski definition) is 2. The molecule has 0 aliphatic rings. The van der Waals surface area contributed by atoms with Crippen molar-refractivity contribution in [2.45, 2.75) is 13.0 Å². The van der Waals surface area contributed by atoms with Gasteiger partial charge in [-0.15, -0.1) is 0 Å². The molecule has 4 nitrogen and oxygen atoms in total. The Hall–Kier alpha value is -2.30. The van der Waals surface area contributed by atoms with Crippen LogP contribution in [0.3, 0.4) is 0 Å². The lowest BCUT2D eigenvalue weighted by atomic mass is 10.1. The zero-order chi connectivity index (χ0) is 14.7. The van der Waals surface area contributed by atoms with Gasteiger partial charge in [-0.2, -0.15) is 0 Å². The van der Waals surface area contributed by atoms with Crippen LogP contribution in [0.25, 0.3) is 0 Å². The van der Waals surface area contributed by atoms with E-state index < -0.39 is 5.82 Å². The molecule has 0 radical (unpaired) electrons. The van der Waals surface area contributed by atoms with Gasteiger partial charge < -0.3 is 15.3 Å². The van der Waals surface area contributed by atoms with Crippen molar-refractivity contribution < 1.29 is 9.50 Å². The standard InChI is InChI=1S/C15H18FN3O/c1-10(13-6-5-12(20)8-14(13)16)18-11-4-7-15(17-9-11)19(2)3/h4-10,18,20H,1-3H3. The Morgan fingerprint density at radius 2 is 2.00 bits per heavy atom. The number of phenolic OH excluding ortho intramolecular Hbond substituents is 1. The highest BCUT2D eigenvalue weighted by Gasteiger charge is 2.11. The van der Waals surface area contributed by atoms with Crippen LogP contribution < -0.4 is 10.2 Å². The second-order valence-electron chi connectivity index (χ2n) is 4.87. The van der Waals surface area contributed by atoms with Crippen LogP contribution in [0.5, 0.6) is 5.75 Å². The molecular formula is C15H18FN3O. The van der Waals surface area contributed by atoms with E-state index in [2.05, 4.69) is 10.3 Å². The molecule has 2 rings (SSSR count). The summed E-state index contributed by atoms with van der Waals surface area (Å²) in [5.41, 5.74) is 1.31. The van der Waals surface area contributed by atoms with Gasteiger partial charge in [-0.3, -0.25) is 0 Å². The van der Waals surface area contributed by atoms with E-state index in [1.165, 1.54) is 6.07 Å². The molecule has 2 N–H and O–H groups in total. The highest BCUT2D eigenvalue weighted by Crippen LogP contribution is 2.24. The van der Waals surface area contributed by atoms with Crippen molar-refractivity contribution in [3.63, 3.8) is 0 Å². The largest absolute Gasteiger partial charge is 0.508 e. The molecule has 2 aromatic rings. The third-order valence-corrected chi connectivity index (χ3v) is 3.04. The quantitative estimate of drug-likeness (QED) is 0.900. The Balaban J connectivity index is 2.12. The number of pyridine rings is 1. The molecule has 0 saturated carbocycles. The van der Waals surface area contributed by atoms with Crippen molar-refractivity contribution in [1.82, 2.24) is 4.98 Å². The van der Waals surface area contributed by atoms with Crippen LogP contribution in [-0.4, -0.2) is 24.2 Å². The molecule has 0 aliphatic carbocycles. The minimum Gasteiger partial charge on any atom is -0.508 e. The number of nitrogens with one attached hydrogen (secondary N) is 1. The van der Waals surface area contributed by atoms with Gasteiger partial charge in [0, 0.05) is 25.7 Å². The van der Waals surface area contributed by atoms with E-state index in [1.807, 2.05) is 38.1 Å². The van der Waals surface area contributed by atoms with E-state index in [1.54, 1.807) is 12.3 Å². The second kappa shape index (κ2) is 5.77. The molecule has 0 saturated heterocycles. The van der Waals surface area contributed by atoms with E-state index in [-0.39, 0.29) is 11.8 Å². The van der Waals surface area contributed by atoms with Gasteiger partial charge in [-0.25, -0.2) is 9.37 Å². The van der Waals surface area contributed by atoms with Crippen LogP contribution in [0.2, 0.25) is 0 Å². The van der Waals surface area contributed by atoms with Crippen LogP contribution in [-0.2, 0) is 0 Å². The normalized spacial score (nSPS) is 12.0. The van der Waals surface area contributed by atoms with Gasteiger partial charge in [-0.05, 0) is 25.1 Å². The number of aromatic nitrogens is 1. The molecule has 5 heteroatoms. The van der Waals surface area contributed by atoms with Crippen LogP contribution in [0.15, 0.2) is 36.5 Å². The van der Waals surface area contributed by atoms with Gasteiger partial charge in [0.1, 0.15) is 17.4 Å². The molecule has 0 aliphatic heterocycles. The third-order valence-electron chi connectivity index (χ3n) is 3.04. The van der Waals surface area contributed by atoms with Crippen LogP contribution in [0.1, 0.15) is 18.5 Å². The third kappa shape index (κ3) is 3.17. The monoisotopic (exact) mass is 275 g/mol. The second-order valence-corrected chi connectivity index (χ2v) is 4.87. The lowest BCUT2D eigenvalue weighted by Crippen LogP contribution is -2.12. The summed E-state index contributed by atoms with van der Waals surface area (Å²) in [6, 6.07) is 7.73. The smallest absolute Gasteiger partial charge is 0.132 e. The molecule has 0 spiro atoms. The maximum Gasteiger partial charge on any atom is 0.132 e. The zero-order valence-corrected chi connectivity index (χ0v) is 11.8. The summed E-state index contributed by atoms with van der Waals surface area (Å²) >= 11 is 0. The minimum absolute atomic E-state index is 0.0737. The average Bonchev–Trinajstić information content (AvgIpc) is 2.39. The summed E-state index contributed by atoms with van der Waals surface area (Å²) in [6.07, 6.45) is 1.71. The van der Waals surface area contributed by atoms with Crippen molar-refractivity contribution >= 4 is 11.5 Å². The van der Waals surface area contributed by atoms with Crippen molar-refractivity contribution in [2.24, 2.45) is 0 Å². The molecule has 1 aromatic heterocycles. The van der Waals surface area contributed by atoms with Crippen LogP contribution >= 0.6 is 0 Å². The molecule has 0 bridgehead atoms. The van der Waals surface area contributed by atoms with E-state index >= 15 is 0 Å². The number of phenols is 1. The summed E-state index contributed by atoms with van der Waals surface area (Å²) in [7, 11) is 3.84. The summed E-state index contributed by atoms with van der Waals surface area (Å²) in [5.74, 6) is 0.359. The topological polar surface area (TPSA) is 48.4 Å². The van der Waals surface area contributed by atoms with Gasteiger partial charge in [0.05, 0.1) is 17.9 Å². The molecule has 1 atom stereocenters. The number of benzene rings is 1. The first-order chi connectivity index (χ1) is 9.47. The van der Waals surface area contributed by atoms with Crippen molar-refractivity contribution in [3.8, 4) is 5.75 Å². The summed E-state index contributed by atoms with van der Waals surface area (Å²) in [6.45, 7) is 1.86. The van der Waals surface area contributed by atoms with Crippen LogP contribution in [0.4, 0.5) is 15.9 Å². The lowest BCUT2D eigenvalue weighted by Gasteiger charge is -2.17. The van der Waals surface area contributed by atoms with Crippen molar-refractivity contribution in [1.29, 1.82) is 0 Å². The molecule has 20 heavy (non-hydrogen) atoms. The predicted molar refractivity (Wildman–Crippen MR) is 78.7 cm³/mol. The summed E-state index contributed by atoms with van der Waals surface area (Å²) in [4.78, 5) is 6.20. The Morgan fingerprint density at radius 1 is 1.25 bits per heavy atom. The van der Waals surface area contributed by atoms with E-state index in [9.17, 15) is 9.50 Å². The molecule has 0 amide bonds. The Morgan fingerprint density at radius 3 is 2.55 bits per heavy atom. The number of hydrogen-bond acceptors (Lipinski definition) is 4. The minimum atomic E-state index is -0.428. The Kier molecular flexibility index (Phi) is 4.08.